The molecule has 0 atom stereocenters. The van der Waals surface area contributed by atoms with Gasteiger partial charge in [-0.2, -0.15) is 0 Å². The van der Waals surface area contributed by atoms with E-state index in [1.165, 1.54) is 6.92 Å². The lowest BCUT2D eigenvalue weighted by Gasteiger charge is -2.09. The summed E-state index contributed by atoms with van der Waals surface area (Å²) in [6.45, 7) is 3.53. The van der Waals surface area contributed by atoms with Crippen molar-refractivity contribution in [1.29, 1.82) is 0 Å². The highest BCUT2D eigenvalue weighted by molar-refractivity contribution is 6.03. The molecule has 0 aliphatic carbocycles. The fourth-order valence-corrected chi connectivity index (χ4v) is 2.51. The predicted octanol–water partition coefficient (Wildman–Crippen LogP) is 4.59. The number of Topliss-reactive ketones (excluding diaryl/α,β-unsaturated/α-hetero) is 1. The van der Waals surface area contributed by atoms with Crippen molar-refractivity contribution in [3.63, 3.8) is 0 Å². The maximum absolute atomic E-state index is 12.4. The minimum Gasteiger partial charge on any atom is -0.355 e. The van der Waals surface area contributed by atoms with Crippen LogP contribution in [0.2, 0.25) is 0 Å². The van der Waals surface area contributed by atoms with E-state index in [0.717, 1.165) is 16.9 Å². The van der Waals surface area contributed by atoms with Crippen LogP contribution in [0, 0.1) is 6.92 Å². The van der Waals surface area contributed by atoms with E-state index in [0.29, 0.717) is 16.9 Å². The van der Waals surface area contributed by atoms with Crippen LogP contribution >= 0.6 is 0 Å². The molecule has 2 aromatic carbocycles. The number of rotatable bonds is 5. The maximum atomic E-state index is 12.4. The lowest BCUT2D eigenvalue weighted by atomic mass is 10.1. The number of hydrogen-bond acceptors (Lipinski definition) is 4. The molecular weight excluding hydrogens is 326 g/mol. The third-order valence-electron chi connectivity index (χ3n) is 3.85. The second-order valence-electron chi connectivity index (χ2n) is 6.01. The van der Waals surface area contributed by atoms with Gasteiger partial charge in [0.1, 0.15) is 5.69 Å². The number of aromatic nitrogens is 1. The summed E-state index contributed by atoms with van der Waals surface area (Å²) in [5.41, 5.74) is 4.39. The topological polar surface area (TPSA) is 71.1 Å². The molecule has 5 nitrogen and oxygen atoms in total. The number of nitrogens with one attached hydrogen (secondary N) is 2. The Kier molecular flexibility index (Phi) is 5.08. The van der Waals surface area contributed by atoms with Crippen molar-refractivity contribution >= 4 is 28.8 Å². The summed E-state index contributed by atoms with van der Waals surface area (Å²) >= 11 is 0. The molecule has 0 unspecified atom stereocenters. The van der Waals surface area contributed by atoms with Crippen LogP contribution < -0.4 is 10.6 Å². The van der Waals surface area contributed by atoms with Gasteiger partial charge in [0, 0.05) is 28.8 Å². The molecule has 0 radical (unpaired) electrons. The van der Waals surface area contributed by atoms with Gasteiger partial charge in [-0.1, -0.05) is 12.1 Å². The average molecular weight is 345 g/mol. The van der Waals surface area contributed by atoms with Gasteiger partial charge in [0.25, 0.3) is 5.91 Å². The molecule has 0 spiro atoms. The second kappa shape index (κ2) is 7.61. The zero-order valence-corrected chi connectivity index (χ0v) is 14.6. The number of pyridine rings is 1. The van der Waals surface area contributed by atoms with Crippen LogP contribution in [0.15, 0.2) is 66.9 Å². The third-order valence-corrected chi connectivity index (χ3v) is 3.85. The van der Waals surface area contributed by atoms with Crippen LogP contribution in [-0.2, 0) is 0 Å². The first-order valence-electron chi connectivity index (χ1n) is 8.23. The Balaban J connectivity index is 1.72. The molecule has 1 heterocycles. The van der Waals surface area contributed by atoms with Gasteiger partial charge in [0.05, 0.1) is 0 Å². The van der Waals surface area contributed by atoms with Gasteiger partial charge in [0.15, 0.2) is 5.78 Å². The molecule has 1 aromatic heterocycles. The second-order valence-corrected chi connectivity index (χ2v) is 6.01. The highest BCUT2D eigenvalue weighted by Gasteiger charge is 2.09. The summed E-state index contributed by atoms with van der Waals surface area (Å²) in [6.07, 6.45) is 1.59. The summed E-state index contributed by atoms with van der Waals surface area (Å²) in [5.74, 6) is -0.326. The molecule has 0 aliphatic heterocycles. The molecule has 2 N–H and O–H groups in total. The number of aryl methyl sites for hydroxylation is 1. The van der Waals surface area contributed by atoms with Crippen LogP contribution in [0.5, 0.6) is 0 Å². The lowest BCUT2D eigenvalue weighted by molar-refractivity contribution is 0.101. The number of benzene rings is 2. The molecule has 1 amide bonds. The van der Waals surface area contributed by atoms with Crippen molar-refractivity contribution in [2.75, 3.05) is 10.6 Å². The Morgan fingerprint density at radius 2 is 1.62 bits per heavy atom. The maximum Gasteiger partial charge on any atom is 0.274 e. The molecule has 0 aliphatic rings. The molecule has 3 rings (SSSR count). The Labute approximate surface area is 152 Å². The van der Waals surface area contributed by atoms with E-state index < -0.39 is 0 Å². The van der Waals surface area contributed by atoms with Gasteiger partial charge in [-0.05, 0) is 67.9 Å². The Morgan fingerprint density at radius 1 is 0.885 bits per heavy atom. The fraction of sp³-hybridized carbons (Fsp3) is 0.0952. The lowest BCUT2D eigenvalue weighted by Crippen LogP contribution is -2.14. The largest absolute Gasteiger partial charge is 0.355 e. The van der Waals surface area contributed by atoms with Crippen molar-refractivity contribution in [2.24, 2.45) is 0 Å². The molecule has 0 saturated carbocycles. The van der Waals surface area contributed by atoms with Crippen molar-refractivity contribution in [3.05, 3.63) is 83.7 Å². The van der Waals surface area contributed by atoms with E-state index in [4.69, 9.17) is 0 Å². The van der Waals surface area contributed by atoms with Gasteiger partial charge >= 0.3 is 0 Å². The number of amides is 1. The first-order chi connectivity index (χ1) is 12.5. The Hall–Kier alpha value is -3.47. The summed E-state index contributed by atoms with van der Waals surface area (Å²) in [5, 5.41) is 6.05. The van der Waals surface area contributed by atoms with Crippen LogP contribution in [0.3, 0.4) is 0 Å². The zero-order chi connectivity index (χ0) is 18.5. The van der Waals surface area contributed by atoms with E-state index in [-0.39, 0.29) is 11.7 Å². The van der Waals surface area contributed by atoms with Crippen molar-refractivity contribution in [1.82, 2.24) is 4.98 Å². The Bertz CT molecular complexity index is 949. The van der Waals surface area contributed by atoms with Gasteiger partial charge in [-0.15, -0.1) is 0 Å². The van der Waals surface area contributed by atoms with Crippen molar-refractivity contribution in [2.45, 2.75) is 13.8 Å². The predicted molar refractivity (Wildman–Crippen MR) is 103 cm³/mol. The third kappa shape index (κ3) is 4.33. The first kappa shape index (κ1) is 17.4. The number of carbonyl (C=O) groups is 2. The van der Waals surface area contributed by atoms with Crippen LogP contribution in [0.25, 0.3) is 0 Å². The zero-order valence-electron chi connectivity index (χ0n) is 14.6. The highest BCUT2D eigenvalue weighted by Crippen LogP contribution is 2.18. The van der Waals surface area contributed by atoms with Crippen LogP contribution in [0.1, 0.15) is 33.3 Å². The van der Waals surface area contributed by atoms with E-state index in [1.807, 2.05) is 31.2 Å². The number of anilines is 3. The quantitative estimate of drug-likeness (QED) is 0.664. The minimum absolute atomic E-state index is 0.0144. The normalized spacial score (nSPS) is 10.2. The summed E-state index contributed by atoms with van der Waals surface area (Å²) in [4.78, 5) is 27.9. The van der Waals surface area contributed by atoms with Crippen LogP contribution in [0.4, 0.5) is 17.1 Å². The van der Waals surface area contributed by atoms with Gasteiger partial charge in [-0.3, -0.25) is 14.6 Å². The monoisotopic (exact) mass is 345 g/mol. The molecular formula is C21H19N3O2. The van der Waals surface area contributed by atoms with Gasteiger partial charge in [-0.25, -0.2) is 0 Å². The molecule has 0 bridgehead atoms. The number of nitrogens with zero attached hydrogens (tertiary/aromatic N) is 1. The molecule has 0 fully saturated rings. The number of carbonyl (C=O) groups excluding carboxylic acids is 2. The van der Waals surface area contributed by atoms with E-state index in [2.05, 4.69) is 15.6 Å². The van der Waals surface area contributed by atoms with Gasteiger partial charge < -0.3 is 10.6 Å². The highest BCUT2D eigenvalue weighted by atomic mass is 16.2. The summed E-state index contributed by atoms with van der Waals surface area (Å²) < 4.78 is 0. The summed E-state index contributed by atoms with van der Waals surface area (Å²) in [6, 6.07) is 18.2. The van der Waals surface area contributed by atoms with Gasteiger partial charge in [0.2, 0.25) is 0 Å². The number of hydrogen-bond donors (Lipinski definition) is 2. The van der Waals surface area contributed by atoms with Crippen LogP contribution in [-0.4, -0.2) is 16.7 Å². The van der Waals surface area contributed by atoms with Crippen molar-refractivity contribution < 1.29 is 9.59 Å². The Morgan fingerprint density at radius 3 is 2.31 bits per heavy atom. The number of ketones is 1. The molecule has 3 aromatic rings. The first-order valence-corrected chi connectivity index (χ1v) is 8.23. The fourth-order valence-electron chi connectivity index (χ4n) is 2.51. The summed E-state index contributed by atoms with van der Waals surface area (Å²) in [7, 11) is 0. The van der Waals surface area contributed by atoms with Crippen molar-refractivity contribution in [3.8, 4) is 0 Å². The SMILES string of the molecule is CC(=O)c1ccc(NC(=O)c2cc(Nc3cccc(C)c3)ccn2)cc1. The van der Waals surface area contributed by atoms with E-state index in [9.17, 15) is 9.59 Å². The molecule has 5 heteroatoms. The van der Waals surface area contributed by atoms with E-state index in [1.54, 1.807) is 42.6 Å². The standard InChI is InChI=1S/C21H19N3O2/c1-14-4-3-5-18(12-14)23-19-10-11-22-20(13-19)21(26)24-17-8-6-16(7-9-17)15(2)25/h3-13H,1-2H3,(H,22,23)(H,24,26). The molecule has 130 valence electrons. The van der Waals surface area contributed by atoms with E-state index >= 15 is 0 Å². The average Bonchev–Trinajstić information content (AvgIpc) is 2.62. The minimum atomic E-state index is -0.312. The molecule has 26 heavy (non-hydrogen) atoms. The smallest absolute Gasteiger partial charge is 0.274 e. The molecule has 0 saturated heterocycles.